The zero-order valence-electron chi connectivity index (χ0n) is 11.4. The molecule has 0 atom stereocenters. The molecule has 0 fully saturated rings. The first-order valence-electron chi connectivity index (χ1n) is 6.18. The van der Waals surface area contributed by atoms with Crippen LogP contribution in [0.2, 0.25) is 0 Å². The van der Waals surface area contributed by atoms with Gasteiger partial charge in [0.05, 0.1) is 11.9 Å². The molecule has 0 aliphatic carbocycles. The average molecular weight is 258 g/mol. The van der Waals surface area contributed by atoms with Crippen molar-refractivity contribution in [2.45, 2.75) is 32.9 Å². The van der Waals surface area contributed by atoms with E-state index in [1.807, 2.05) is 18.2 Å². The lowest BCUT2D eigenvalue weighted by atomic mass is 10.1. The minimum absolute atomic E-state index is 0.0621. The standard InChI is InChI=1S/C14H18N4O/c1-14(2,3)16-9-11-6-7-13(18-17-11)19-12-5-4-8-15-10-12/h4-8,10,16H,9H2,1-3H3. The average Bonchev–Trinajstić information content (AvgIpc) is 2.38. The largest absolute Gasteiger partial charge is 0.436 e. The van der Waals surface area contributed by atoms with Gasteiger partial charge in [0.2, 0.25) is 5.88 Å². The first kappa shape index (κ1) is 13.4. The number of nitrogens with one attached hydrogen (secondary N) is 1. The molecule has 19 heavy (non-hydrogen) atoms. The lowest BCUT2D eigenvalue weighted by Gasteiger charge is -2.19. The van der Waals surface area contributed by atoms with E-state index in [0.29, 0.717) is 18.2 Å². The Balaban J connectivity index is 1.95. The minimum Gasteiger partial charge on any atom is -0.436 e. The van der Waals surface area contributed by atoms with Crippen LogP contribution in [-0.2, 0) is 6.54 Å². The lowest BCUT2D eigenvalue weighted by molar-refractivity contribution is 0.416. The molecular formula is C14H18N4O. The fourth-order valence-electron chi connectivity index (χ4n) is 1.38. The van der Waals surface area contributed by atoms with Crippen molar-refractivity contribution in [3.8, 4) is 11.6 Å². The summed E-state index contributed by atoms with van der Waals surface area (Å²) in [5.41, 5.74) is 0.945. The molecule has 5 heteroatoms. The second-order valence-electron chi connectivity index (χ2n) is 5.26. The zero-order chi connectivity index (χ0) is 13.7. The molecule has 1 N–H and O–H groups in total. The van der Waals surface area contributed by atoms with E-state index in [2.05, 4.69) is 41.3 Å². The van der Waals surface area contributed by atoms with Crippen LogP contribution in [0.1, 0.15) is 26.5 Å². The molecule has 0 aliphatic heterocycles. The summed E-state index contributed by atoms with van der Waals surface area (Å²) in [5.74, 6) is 1.12. The fraction of sp³-hybridized carbons (Fsp3) is 0.357. The van der Waals surface area contributed by atoms with Crippen LogP contribution in [0, 0.1) is 0 Å². The van der Waals surface area contributed by atoms with Crippen LogP contribution in [-0.4, -0.2) is 20.7 Å². The van der Waals surface area contributed by atoms with E-state index in [-0.39, 0.29) is 5.54 Å². The Kier molecular flexibility index (Phi) is 4.06. The molecule has 2 heterocycles. The smallest absolute Gasteiger partial charge is 0.238 e. The SMILES string of the molecule is CC(C)(C)NCc1ccc(Oc2cccnc2)nn1. The van der Waals surface area contributed by atoms with Crippen LogP contribution < -0.4 is 10.1 Å². The Morgan fingerprint density at radius 1 is 1.16 bits per heavy atom. The lowest BCUT2D eigenvalue weighted by Crippen LogP contribution is -2.35. The van der Waals surface area contributed by atoms with E-state index in [1.165, 1.54) is 0 Å². The Hall–Kier alpha value is -2.01. The van der Waals surface area contributed by atoms with Gasteiger partial charge in [-0.2, -0.15) is 5.10 Å². The molecule has 0 bridgehead atoms. The van der Waals surface area contributed by atoms with Crippen molar-refractivity contribution in [3.05, 3.63) is 42.4 Å². The maximum absolute atomic E-state index is 5.52. The fourth-order valence-corrected chi connectivity index (χ4v) is 1.38. The van der Waals surface area contributed by atoms with Crippen molar-refractivity contribution in [2.24, 2.45) is 0 Å². The highest BCUT2D eigenvalue weighted by Crippen LogP contribution is 2.16. The third-order valence-corrected chi connectivity index (χ3v) is 2.35. The summed E-state index contributed by atoms with van der Waals surface area (Å²) >= 11 is 0. The highest BCUT2D eigenvalue weighted by Gasteiger charge is 2.09. The molecule has 0 aromatic carbocycles. The topological polar surface area (TPSA) is 59.9 Å². The first-order chi connectivity index (χ1) is 9.03. The van der Waals surface area contributed by atoms with Gasteiger partial charge in [0.1, 0.15) is 5.75 Å². The maximum atomic E-state index is 5.52. The Bertz CT molecular complexity index is 505. The number of ether oxygens (including phenoxy) is 1. The number of hydrogen-bond donors (Lipinski definition) is 1. The van der Waals surface area contributed by atoms with Crippen LogP contribution in [0.4, 0.5) is 0 Å². The highest BCUT2D eigenvalue weighted by atomic mass is 16.5. The Labute approximate surface area is 113 Å². The molecule has 2 rings (SSSR count). The Morgan fingerprint density at radius 3 is 2.58 bits per heavy atom. The van der Waals surface area contributed by atoms with E-state index in [9.17, 15) is 0 Å². The van der Waals surface area contributed by atoms with Gasteiger partial charge in [0.25, 0.3) is 0 Å². The van der Waals surface area contributed by atoms with E-state index in [4.69, 9.17) is 4.74 Å². The number of rotatable bonds is 4. The van der Waals surface area contributed by atoms with Gasteiger partial charge in [0.15, 0.2) is 0 Å². The van der Waals surface area contributed by atoms with E-state index in [0.717, 1.165) is 5.69 Å². The molecule has 0 amide bonds. The van der Waals surface area contributed by atoms with Crippen molar-refractivity contribution in [3.63, 3.8) is 0 Å². The van der Waals surface area contributed by atoms with Gasteiger partial charge in [-0.1, -0.05) is 0 Å². The van der Waals surface area contributed by atoms with Gasteiger partial charge in [-0.3, -0.25) is 4.98 Å². The quantitative estimate of drug-likeness (QED) is 0.913. The van der Waals surface area contributed by atoms with Crippen LogP contribution >= 0.6 is 0 Å². The van der Waals surface area contributed by atoms with Gasteiger partial charge in [-0.15, -0.1) is 5.10 Å². The van der Waals surface area contributed by atoms with Crippen LogP contribution in [0.5, 0.6) is 11.6 Å². The van der Waals surface area contributed by atoms with Gasteiger partial charge in [0, 0.05) is 24.3 Å². The molecule has 0 radical (unpaired) electrons. The maximum Gasteiger partial charge on any atom is 0.238 e. The summed E-state index contributed by atoms with van der Waals surface area (Å²) in [5, 5.41) is 11.5. The highest BCUT2D eigenvalue weighted by molar-refractivity contribution is 5.22. The van der Waals surface area contributed by atoms with Crippen LogP contribution in [0.3, 0.4) is 0 Å². The zero-order valence-corrected chi connectivity index (χ0v) is 11.4. The summed E-state index contributed by atoms with van der Waals surface area (Å²) in [6.45, 7) is 7.02. The monoisotopic (exact) mass is 258 g/mol. The molecular weight excluding hydrogens is 240 g/mol. The van der Waals surface area contributed by atoms with E-state index < -0.39 is 0 Å². The second kappa shape index (κ2) is 5.75. The van der Waals surface area contributed by atoms with Crippen molar-refractivity contribution >= 4 is 0 Å². The summed E-state index contributed by atoms with van der Waals surface area (Å²) in [7, 11) is 0. The van der Waals surface area contributed by atoms with Crippen molar-refractivity contribution in [1.82, 2.24) is 20.5 Å². The summed E-state index contributed by atoms with van der Waals surface area (Å²) in [4.78, 5) is 3.97. The van der Waals surface area contributed by atoms with Crippen LogP contribution in [0.15, 0.2) is 36.7 Å². The number of pyridine rings is 1. The van der Waals surface area contributed by atoms with Gasteiger partial charge in [-0.05, 0) is 39.0 Å². The molecule has 0 saturated carbocycles. The third-order valence-electron chi connectivity index (χ3n) is 2.35. The van der Waals surface area contributed by atoms with Gasteiger partial charge >= 0.3 is 0 Å². The van der Waals surface area contributed by atoms with Gasteiger partial charge < -0.3 is 10.1 Å². The summed E-state index contributed by atoms with van der Waals surface area (Å²) in [6.07, 6.45) is 3.33. The Morgan fingerprint density at radius 2 is 2.00 bits per heavy atom. The number of nitrogens with zero attached hydrogens (tertiary/aromatic N) is 3. The molecule has 0 saturated heterocycles. The molecule has 5 nitrogen and oxygen atoms in total. The second-order valence-corrected chi connectivity index (χ2v) is 5.26. The molecule has 2 aromatic heterocycles. The van der Waals surface area contributed by atoms with E-state index in [1.54, 1.807) is 18.5 Å². The van der Waals surface area contributed by atoms with Gasteiger partial charge in [-0.25, -0.2) is 0 Å². The molecule has 2 aromatic rings. The van der Waals surface area contributed by atoms with Crippen molar-refractivity contribution < 1.29 is 4.74 Å². The number of aromatic nitrogens is 3. The predicted molar refractivity (Wildman–Crippen MR) is 72.9 cm³/mol. The minimum atomic E-state index is 0.0621. The molecule has 0 unspecified atom stereocenters. The predicted octanol–water partition coefficient (Wildman–Crippen LogP) is 2.55. The molecule has 100 valence electrons. The van der Waals surface area contributed by atoms with Crippen molar-refractivity contribution in [1.29, 1.82) is 0 Å². The first-order valence-corrected chi connectivity index (χ1v) is 6.18. The molecule has 0 aliphatic rings. The molecule has 0 spiro atoms. The van der Waals surface area contributed by atoms with E-state index >= 15 is 0 Å². The normalized spacial score (nSPS) is 11.3. The summed E-state index contributed by atoms with van der Waals surface area (Å²) < 4.78 is 5.52. The van der Waals surface area contributed by atoms with Crippen molar-refractivity contribution in [2.75, 3.05) is 0 Å². The third kappa shape index (κ3) is 4.63. The van der Waals surface area contributed by atoms with Crippen LogP contribution in [0.25, 0.3) is 0 Å². The number of hydrogen-bond acceptors (Lipinski definition) is 5. The summed E-state index contributed by atoms with van der Waals surface area (Å²) in [6, 6.07) is 7.34.